The fraction of sp³-hybridized carbons (Fsp3) is 0.263. The first-order valence-corrected chi connectivity index (χ1v) is 15.9. The lowest BCUT2D eigenvalue weighted by Crippen LogP contribution is -2.43. The molecule has 0 aliphatic rings. The van der Waals surface area contributed by atoms with Gasteiger partial charge < -0.3 is 20.9 Å². The van der Waals surface area contributed by atoms with E-state index in [1.54, 1.807) is 50.2 Å². The normalized spacial score (nSPS) is 11.2. The largest absolute Gasteiger partial charge is 0.478 e. The second kappa shape index (κ2) is 21.0. The van der Waals surface area contributed by atoms with Crippen LogP contribution < -0.4 is 11.1 Å². The van der Waals surface area contributed by atoms with Crippen LogP contribution in [0.4, 0.5) is 0 Å². The van der Waals surface area contributed by atoms with Crippen molar-refractivity contribution in [2.75, 3.05) is 7.11 Å². The first-order valence-electron chi connectivity index (χ1n) is 15.1. The van der Waals surface area contributed by atoms with Gasteiger partial charge in [-0.1, -0.05) is 107 Å². The molecule has 0 aliphatic carbocycles. The number of carbonyl (C=O) groups is 4. The highest BCUT2D eigenvalue weighted by Crippen LogP contribution is 2.20. The summed E-state index contributed by atoms with van der Waals surface area (Å²) in [6.07, 6.45) is 0.984. The van der Waals surface area contributed by atoms with Gasteiger partial charge in [-0.25, -0.2) is 9.59 Å². The average molecular weight is 730 g/mol. The van der Waals surface area contributed by atoms with Crippen molar-refractivity contribution in [1.82, 2.24) is 5.32 Å². The van der Waals surface area contributed by atoms with Crippen molar-refractivity contribution in [2.24, 2.45) is 5.73 Å². The van der Waals surface area contributed by atoms with Crippen molar-refractivity contribution in [3.8, 4) is 0 Å². The monoisotopic (exact) mass is 728 g/mol. The molecule has 4 N–H and O–H groups in total. The summed E-state index contributed by atoms with van der Waals surface area (Å²) in [5.41, 5.74) is 12.0. The molecule has 0 saturated carbocycles. The second-order valence-corrected chi connectivity index (χ2v) is 12.1. The number of aryl methyl sites for hydroxylation is 4. The zero-order valence-electron chi connectivity index (χ0n) is 28.4. The number of carboxylic acids is 1. The first-order chi connectivity index (χ1) is 22.6. The third-order valence-electron chi connectivity index (χ3n) is 7.33. The van der Waals surface area contributed by atoms with Gasteiger partial charge in [0.15, 0.2) is 0 Å². The van der Waals surface area contributed by atoms with Crippen LogP contribution in [-0.4, -0.2) is 47.9 Å². The Morgan fingerprint density at radius 1 is 0.735 bits per heavy atom. The van der Waals surface area contributed by atoms with Gasteiger partial charge in [0.05, 0.1) is 34.3 Å². The lowest BCUT2D eigenvalue weighted by Gasteiger charge is -2.18. The van der Waals surface area contributed by atoms with Crippen LogP contribution in [0.1, 0.15) is 61.0 Å². The van der Waals surface area contributed by atoms with E-state index in [1.807, 2.05) is 62.4 Å². The molecule has 262 valence electrons. The Morgan fingerprint density at radius 2 is 1.16 bits per heavy atom. The fourth-order valence-electron chi connectivity index (χ4n) is 4.47. The number of esters is 1. The number of amides is 1. The van der Waals surface area contributed by atoms with Crippen molar-refractivity contribution < 1.29 is 29.0 Å². The number of ketones is 1. The molecule has 0 aromatic heterocycles. The summed E-state index contributed by atoms with van der Waals surface area (Å²) in [5, 5.41) is 12.0. The SMILES string of the molecule is CC(=O)C(N)Cc1ccc(C)cc1.COC(=O)C(Cc1ccc(C)cc1)NC(=O)c1c(C)cccc1Cl.Cc1cccc(Cl)c1C(=O)O.Cl. The predicted molar refractivity (Wildman–Crippen MR) is 198 cm³/mol. The first kappa shape index (κ1) is 42.8. The van der Waals surface area contributed by atoms with Crippen LogP contribution in [0.25, 0.3) is 0 Å². The van der Waals surface area contributed by atoms with Crippen molar-refractivity contribution in [3.05, 3.63) is 139 Å². The molecule has 0 bridgehead atoms. The number of carbonyl (C=O) groups excluding carboxylic acids is 3. The second-order valence-electron chi connectivity index (χ2n) is 11.3. The van der Waals surface area contributed by atoms with E-state index in [-0.39, 0.29) is 40.7 Å². The van der Waals surface area contributed by atoms with Gasteiger partial charge >= 0.3 is 11.9 Å². The molecular formula is C38H43Cl3N2O6. The van der Waals surface area contributed by atoms with Gasteiger partial charge in [-0.05, 0) is 75.4 Å². The molecule has 49 heavy (non-hydrogen) atoms. The summed E-state index contributed by atoms with van der Waals surface area (Å²) in [6, 6.07) is 25.0. The third-order valence-corrected chi connectivity index (χ3v) is 7.96. The number of halogens is 3. The van der Waals surface area contributed by atoms with Crippen LogP contribution in [0.3, 0.4) is 0 Å². The van der Waals surface area contributed by atoms with Gasteiger partial charge in [0, 0.05) is 6.42 Å². The Labute approximate surface area is 304 Å². The Bertz CT molecular complexity index is 1670. The van der Waals surface area contributed by atoms with E-state index in [1.165, 1.54) is 19.6 Å². The number of aromatic carboxylic acids is 1. The minimum absolute atomic E-state index is 0. The van der Waals surface area contributed by atoms with Gasteiger partial charge in [0.25, 0.3) is 5.91 Å². The molecule has 0 aliphatic heterocycles. The summed E-state index contributed by atoms with van der Waals surface area (Å²) in [5.74, 6) is -1.82. The number of Topliss-reactive ketones (excluding diaryl/α,β-unsaturated/α-hetero) is 1. The van der Waals surface area contributed by atoms with E-state index >= 15 is 0 Å². The minimum atomic E-state index is -0.979. The molecule has 1 amide bonds. The smallest absolute Gasteiger partial charge is 0.337 e. The summed E-state index contributed by atoms with van der Waals surface area (Å²) in [7, 11) is 1.30. The highest BCUT2D eigenvalue weighted by atomic mass is 35.5. The van der Waals surface area contributed by atoms with E-state index in [0.29, 0.717) is 29.0 Å². The number of rotatable bonds is 9. The summed E-state index contributed by atoms with van der Waals surface area (Å²) in [6.45, 7) is 9.07. The standard InChI is InChI=1S/C19H20ClNO3.C11H15NO.C8H7ClO2.ClH/c1-12-7-9-14(10-8-12)11-16(19(23)24-3)21-18(22)17-13(2)5-4-6-15(17)20;1-8-3-5-10(6-4-8)7-11(12)9(2)13;1-5-3-2-4-6(9)7(5)8(10)11;/h4-10,16H,11H2,1-3H3,(H,21,22);3-6,11H,7,12H2,1-2H3;2-4H,1H3,(H,10,11);1H. The number of carboxylic acid groups (broad SMARTS) is 1. The van der Waals surface area contributed by atoms with Gasteiger partial charge in [0.1, 0.15) is 11.8 Å². The lowest BCUT2D eigenvalue weighted by molar-refractivity contribution is -0.142. The molecule has 0 radical (unpaired) electrons. The molecule has 0 spiro atoms. The highest BCUT2D eigenvalue weighted by Gasteiger charge is 2.24. The molecular weight excluding hydrogens is 687 g/mol. The molecule has 11 heteroatoms. The predicted octanol–water partition coefficient (Wildman–Crippen LogP) is 7.69. The Balaban J connectivity index is 0.000000404. The lowest BCUT2D eigenvalue weighted by atomic mass is 10.0. The van der Waals surface area contributed by atoms with E-state index in [4.69, 9.17) is 38.8 Å². The van der Waals surface area contributed by atoms with Crippen LogP contribution >= 0.6 is 35.6 Å². The van der Waals surface area contributed by atoms with Gasteiger partial charge in [-0.3, -0.25) is 9.59 Å². The van der Waals surface area contributed by atoms with E-state index in [9.17, 15) is 19.2 Å². The van der Waals surface area contributed by atoms with E-state index < -0.39 is 18.0 Å². The highest BCUT2D eigenvalue weighted by molar-refractivity contribution is 6.34. The molecule has 8 nitrogen and oxygen atoms in total. The number of ether oxygens (including phenoxy) is 1. The maximum absolute atomic E-state index is 12.6. The Morgan fingerprint density at radius 3 is 1.53 bits per heavy atom. The quantitative estimate of drug-likeness (QED) is 0.150. The maximum Gasteiger partial charge on any atom is 0.337 e. The number of hydrogen-bond donors (Lipinski definition) is 3. The van der Waals surface area contributed by atoms with Crippen molar-refractivity contribution in [2.45, 2.75) is 59.5 Å². The molecule has 0 fully saturated rings. The number of methoxy groups -OCH3 is 1. The van der Waals surface area contributed by atoms with Crippen LogP contribution in [0.2, 0.25) is 10.0 Å². The van der Waals surface area contributed by atoms with Gasteiger partial charge in [-0.15, -0.1) is 12.4 Å². The molecule has 4 aromatic carbocycles. The fourth-order valence-corrected chi connectivity index (χ4v) is 5.08. The van der Waals surface area contributed by atoms with Gasteiger partial charge in [0.2, 0.25) is 0 Å². The number of nitrogens with one attached hydrogen (secondary N) is 1. The zero-order valence-corrected chi connectivity index (χ0v) is 30.7. The van der Waals surface area contributed by atoms with E-state index in [2.05, 4.69) is 5.32 Å². The van der Waals surface area contributed by atoms with Crippen molar-refractivity contribution in [1.29, 1.82) is 0 Å². The van der Waals surface area contributed by atoms with Crippen LogP contribution in [-0.2, 0) is 27.2 Å². The molecule has 4 aromatic rings. The molecule has 0 heterocycles. The molecule has 2 unspecified atom stereocenters. The minimum Gasteiger partial charge on any atom is -0.478 e. The molecule has 2 atom stereocenters. The topological polar surface area (TPSA) is 136 Å². The van der Waals surface area contributed by atoms with Gasteiger partial charge in [-0.2, -0.15) is 0 Å². The van der Waals surface area contributed by atoms with Crippen molar-refractivity contribution >= 4 is 59.2 Å². The van der Waals surface area contributed by atoms with Crippen LogP contribution in [0.5, 0.6) is 0 Å². The van der Waals surface area contributed by atoms with Crippen LogP contribution in [0.15, 0.2) is 84.9 Å². The number of benzene rings is 4. The summed E-state index contributed by atoms with van der Waals surface area (Å²) in [4.78, 5) is 46.1. The zero-order chi connectivity index (χ0) is 36.0. The number of nitrogens with two attached hydrogens (primary N) is 1. The maximum atomic E-state index is 12.6. The van der Waals surface area contributed by atoms with Crippen molar-refractivity contribution in [3.63, 3.8) is 0 Å². The summed E-state index contributed by atoms with van der Waals surface area (Å²) >= 11 is 11.8. The third kappa shape index (κ3) is 14.0. The average Bonchev–Trinajstić information content (AvgIpc) is 3.02. The molecule has 4 rings (SSSR count). The molecule has 0 saturated heterocycles. The Kier molecular flexibility index (Phi) is 18.3. The van der Waals surface area contributed by atoms with Crippen LogP contribution in [0, 0.1) is 27.7 Å². The number of hydrogen-bond acceptors (Lipinski definition) is 6. The summed E-state index contributed by atoms with van der Waals surface area (Å²) < 4.78 is 4.82. The Hall–Kier alpha value is -4.21. The van der Waals surface area contributed by atoms with E-state index in [0.717, 1.165) is 22.3 Å².